The smallest absolute Gasteiger partial charge is 0.323 e. The zero-order valence-electron chi connectivity index (χ0n) is 13.5. The molecule has 0 saturated heterocycles. The quantitative estimate of drug-likeness (QED) is 0.590. The zero-order valence-corrected chi connectivity index (χ0v) is 13.5. The average molecular weight is 267 g/mol. The predicted molar refractivity (Wildman–Crippen MR) is 81.1 cm³/mol. The Hall–Kier alpha value is -1.09. The molecule has 0 bridgehead atoms. The van der Waals surface area contributed by atoms with Crippen LogP contribution in [-0.4, -0.2) is 24.7 Å². The third-order valence-electron chi connectivity index (χ3n) is 2.80. The van der Waals surface area contributed by atoms with E-state index in [1.54, 1.807) is 7.05 Å². The summed E-state index contributed by atoms with van der Waals surface area (Å²) >= 11 is 0. The standard InChI is InChI=1S/C16H29NO2/c1-8-9-10-13(12(2)3)11-14(17-7)15(18)19-16(4,5)6/h8-9,14,17H,10-11H2,1-7H3/b9-8-/t14-/m0/s1. The molecule has 0 aromatic heterocycles. The summed E-state index contributed by atoms with van der Waals surface area (Å²) in [5.74, 6) is -0.186. The van der Waals surface area contributed by atoms with Gasteiger partial charge in [0.2, 0.25) is 0 Å². The number of esters is 1. The van der Waals surface area contributed by atoms with Crippen molar-refractivity contribution in [2.45, 2.75) is 66.0 Å². The Morgan fingerprint density at radius 3 is 2.26 bits per heavy atom. The van der Waals surface area contributed by atoms with Gasteiger partial charge in [0.1, 0.15) is 11.6 Å². The number of ether oxygens (including phenoxy) is 1. The molecule has 0 radical (unpaired) electrons. The van der Waals surface area contributed by atoms with Gasteiger partial charge in [-0.2, -0.15) is 0 Å². The molecule has 0 aromatic carbocycles. The molecule has 1 N–H and O–H groups in total. The van der Waals surface area contributed by atoms with Gasteiger partial charge in [-0.1, -0.05) is 23.3 Å². The summed E-state index contributed by atoms with van der Waals surface area (Å²) in [6.07, 6.45) is 5.73. The molecular formula is C16H29NO2. The molecule has 0 saturated carbocycles. The maximum absolute atomic E-state index is 12.1. The first kappa shape index (κ1) is 17.9. The Morgan fingerprint density at radius 1 is 1.32 bits per heavy atom. The largest absolute Gasteiger partial charge is 0.459 e. The van der Waals surface area contributed by atoms with E-state index in [1.165, 1.54) is 11.1 Å². The second kappa shape index (κ2) is 8.16. The van der Waals surface area contributed by atoms with E-state index in [9.17, 15) is 4.79 Å². The lowest BCUT2D eigenvalue weighted by Gasteiger charge is -2.24. The van der Waals surface area contributed by atoms with E-state index < -0.39 is 5.60 Å². The van der Waals surface area contributed by atoms with Crippen molar-refractivity contribution in [1.29, 1.82) is 0 Å². The highest BCUT2D eigenvalue weighted by Gasteiger charge is 2.24. The number of carbonyl (C=O) groups is 1. The molecule has 0 rings (SSSR count). The molecule has 1 atom stereocenters. The van der Waals surface area contributed by atoms with E-state index >= 15 is 0 Å². The highest BCUT2D eigenvalue weighted by atomic mass is 16.6. The highest BCUT2D eigenvalue weighted by Crippen LogP contribution is 2.18. The Labute approximate surface area is 118 Å². The van der Waals surface area contributed by atoms with E-state index in [0.29, 0.717) is 6.42 Å². The molecule has 0 amide bonds. The molecular weight excluding hydrogens is 238 g/mol. The Kier molecular flexibility index (Phi) is 7.69. The zero-order chi connectivity index (χ0) is 15.1. The molecule has 3 heteroatoms. The summed E-state index contributed by atoms with van der Waals surface area (Å²) in [5.41, 5.74) is 2.10. The molecule has 0 fully saturated rings. The van der Waals surface area contributed by atoms with Gasteiger partial charge in [0.25, 0.3) is 0 Å². The Bertz CT molecular complexity index is 344. The first-order valence-corrected chi connectivity index (χ1v) is 6.87. The van der Waals surface area contributed by atoms with Crippen LogP contribution in [0, 0.1) is 0 Å². The topological polar surface area (TPSA) is 38.3 Å². The van der Waals surface area contributed by atoms with Gasteiger partial charge in [0.15, 0.2) is 0 Å². The monoisotopic (exact) mass is 267 g/mol. The fraction of sp³-hybridized carbons (Fsp3) is 0.688. The van der Waals surface area contributed by atoms with Crippen LogP contribution in [0.5, 0.6) is 0 Å². The van der Waals surface area contributed by atoms with Gasteiger partial charge < -0.3 is 10.1 Å². The number of allylic oxidation sites excluding steroid dienone is 3. The number of hydrogen-bond donors (Lipinski definition) is 1. The second-order valence-electron chi connectivity index (χ2n) is 5.96. The van der Waals surface area contributed by atoms with Crippen LogP contribution in [0.4, 0.5) is 0 Å². The van der Waals surface area contributed by atoms with Crippen molar-refractivity contribution in [2.24, 2.45) is 0 Å². The number of likely N-dealkylation sites (N-methyl/N-ethyl adjacent to an activating group) is 1. The van der Waals surface area contributed by atoms with Crippen LogP contribution in [0.15, 0.2) is 23.3 Å². The van der Waals surface area contributed by atoms with Crippen LogP contribution < -0.4 is 5.32 Å². The first-order chi connectivity index (χ1) is 8.71. The summed E-state index contributed by atoms with van der Waals surface area (Å²) in [7, 11) is 1.80. The van der Waals surface area contributed by atoms with E-state index in [2.05, 4.69) is 25.2 Å². The van der Waals surface area contributed by atoms with E-state index in [0.717, 1.165) is 6.42 Å². The molecule has 0 aliphatic rings. The van der Waals surface area contributed by atoms with Gasteiger partial charge in [0, 0.05) is 0 Å². The summed E-state index contributed by atoms with van der Waals surface area (Å²) in [5, 5.41) is 3.05. The van der Waals surface area contributed by atoms with E-state index in [1.807, 2.05) is 33.8 Å². The van der Waals surface area contributed by atoms with Gasteiger partial charge in [-0.15, -0.1) is 0 Å². The number of carbonyl (C=O) groups excluding carboxylic acids is 1. The van der Waals surface area contributed by atoms with E-state index in [-0.39, 0.29) is 12.0 Å². The maximum Gasteiger partial charge on any atom is 0.323 e. The van der Waals surface area contributed by atoms with Crippen LogP contribution >= 0.6 is 0 Å². The number of rotatable bonds is 6. The Morgan fingerprint density at radius 2 is 1.89 bits per heavy atom. The van der Waals surface area contributed by atoms with Crippen molar-refractivity contribution in [3.05, 3.63) is 23.3 Å². The third-order valence-corrected chi connectivity index (χ3v) is 2.80. The van der Waals surface area contributed by atoms with Crippen LogP contribution in [-0.2, 0) is 9.53 Å². The average Bonchev–Trinajstić information content (AvgIpc) is 2.26. The SMILES string of the molecule is C/C=C\CC(C[C@H](NC)C(=O)OC(C)(C)C)=C(C)C. The molecule has 0 unspecified atom stereocenters. The van der Waals surface area contributed by atoms with Crippen molar-refractivity contribution >= 4 is 5.97 Å². The molecule has 110 valence electrons. The molecule has 0 spiro atoms. The van der Waals surface area contributed by atoms with Gasteiger partial charge in [-0.3, -0.25) is 4.79 Å². The van der Waals surface area contributed by atoms with Crippen molar-refractivity contribution < 1.29 is 9.53 Å². The van der Waals surface area contributed by atoms with Crippen LogP contribution in [0.2, 0.25) is 0 Å². The minimum atomic E-state index is -0.444. The number of nitrogens with one attached hydrogen (secondary N) is 1. The summed E-state index contributed by atoms with van der Waals surface area (Å²) in [4.78, 5) is 12.1. The van der Waals surface area contributed by atoms with Crippen molar-refractivity contribution in [3.8, 4) is 0 Å². The molecule has 3 nitrogen and oxygen atoms in total. The highest BCUT2D eigenvalue weighted by molar-refractivity contribution is 5.76. The van der Waals surface area contributed by atoms with E-state index in [4.69, 9.17) is 4.74 Å². The van der Waals surface area contributed by atoms with Crippen LogP contribution in [0.1, 0.15) is 54.4 Å². The fourth-order valence-electron chi connectivity index (χ4n) is 1.67. The lowest BCUT2D eigenvalue weighted by Crippen LogP contribution is -2.39. The lowest BCUT2D eigenvalue weighted by atomic mass is 9.98. The third kappa shape index (κ3) is 7.83. The molecule has 0 aliphatic heterocycles. The predicted octanol–water partition coefficient (Wildman–Crippen LogP) is 3.61. The van der Waals surface area contributed by atoms with Crippen LogP contribution in [0.25, 0.3) is 0 Å². The van der Waals surface area contributed by atoms with Gasteiger partial charge >= 0.3 is 5.97 Å². The summed E-state index contributed by atoms with van der Waals surface area (Å²) in [6, 6.07) is -0.283. The first-order valence-electron chi connectivity index (χ1n) is 6.87. The lowest BCUT2D eigenvalue weighted by molar-refractivity contribution is -0.157. The molecule has 0 aliphatic carbocycles. The molecule has 0 aromatic rings. The molecule has 19 heavy (non-hydrogen) atoms. The van der Waals surface area contributed by atoms with Gasteiger partial charge in [-0.25, -0.2) is 0 Å². The van der Waals surface area contributed by atoms with Gasteiger partial charge in [-0.05, 0) is 61.4 Å². The Balaban J connectivity index is 4.78. The minimum absolute atomic E-state index is 0.186. The maximum atomic E-state index is 12.1. The second-order valence-corrected chi connectivity index (χ2v) is 5.96. The van der Waals surface area contributed by atoms with Crippen molar-refractivity contribution in [2.75, 3.05) is 7.05 Å². The van der Waals surface area contributed by atoms with Gasteiger partial charge in [0.05, 0.1) is 0 Å². The number of hydrogen-bond acceptors (Lipinski definition) is 3. The van der Waals surface area contributed by atoms with Crippen molar-refractivity contribution in [3.63, 3.8) is 0 Å². The molecule has 0 heterocycles. The summed E-state index contributed by atoms with van der Waals surface area (Å²) in [6.45, 7) is 11.8. The fourth-order valence-corrected chi connectivity index (χ4v) is 1.67. The van der Waals surface area contributed by atoms with Crippen LogP contribution in [0.3, 0.4) is 0 Å². The minimum Gasteiger partial charge on any atom is -0.459 e. The summed E-state index contributed by atoms with van der Waals surface area (Å²) < 4.78 is 5.43. The normalized spacial score (nSPS) is 13.4. The van der Waals surface area contributed by atoms with Crippen molar-refractivity contribution in [1.82, 2.24) is 5.32 Å².